The first-order chi connectivity index (χ1) is 20.2. The summed E-state index contributed by atoms with van der Waals surface area (Å²) in [6.07, 6.45) is -0.122. The average molecular weight is 635 g/mol. The molecule has 0 aliphatic carbocycles. The van der Waals surface area contributed by atoms with E-state index in [2.05, 4.69) is 5.10 Å². The lowest BCUT2D eigenvalue weighted by molar-refractivity contribution is -0.138. The minimum atomic E-state index is -4.56. The first-order valence-electron chi connectivity index (χ1n) is 13.8. The molecule has 2 aliphatic rings. The third kappa shape index (κ3) is 7.01. The van der Waals surface area contributed by atoms with Gasteiger partial charge in [0.1, 0.15) is 5.60 Å². The van der Waals surface area contributed by atoms with Crippen LogP contribution in [-0.2, 0) is 22.3 Å². The minimum absolute atomic E-state index is 0.00253. The van der Waals surface area contributed by atoms with Crippen LogP contribution in [0.4, 0.5) is 22.8 Å². The maximum absolute atomic E-state index is 13.6. The number of aromatic nitrogens is 2. The van der Waals surface area contributed by atoms with Gasteiger partial charge >= 0.3 is 12.3 Å². The monoisotopic (exact) mass is 634 g/mol. The van der Waals surface area contributed by atoms with Crippen LogP contribution in [-0.4, -0.2) is 61.6 Å². The standard InChI is InChI=1S/C30H30ClF3N4O4S/c1-29(2,3)42-27(40)36-11-4-5-22(10-12-36)38-26(39)25(43-28(38)41)14-18-6-9-24-20(13-18)16-35-37(24)17-19-7-8-21(31)15-23(19)30(32,33)34/h6-9,13-16,22H,4-5,10-12,17H2,1-3H3/b25-14+. The number of halogens is 4. The Morgan fingerprint density at radius 1 is 1.12 bits per heavy atom. The van der Waals surface area contributed by atoms with Gasteiger partial charge in [-0.3, -0.25) is 19.2 Å². The number of hydrogen-bond acceptors (Lipinski definition) is 6. The van der Waals surface area contributed by atoms with Gasteiger partial charge in [-0.05, 0) is 93.3 Å². The highest BCUT2D eigenvalue weighted by atomic mass is 35.5. The van der Waals surface area contributed by atoms with Crippen LogP contribution in [0.15, 0.2) is 47.5 Å². The van der Waals surface area contributed by atoms with E-state index in [-0.39, 0.29) is 39.2 Å². The Morgan fingerprint density at radius 2 is 1.88 bits per heavy atom. The molecule has 0 bridgehead atoms. The second-order valence-corrected chi connectivity index (χ2v) is 13.0. The molecule has 0 radical (unpaired) electrons. The molecule has 2 saturated heterocycles. The lowest BCUT2D eigenvalue weighted by Crippen LogP contribution is -2.40. The highest BCUT2D eigenvalue weighted by Crippen LogP contribution is 2.37. The van der Waals surface area contributed by atoms with Crippen molar-refractivity contribution in [3.8, 4) is 0 Å². The fraction of sp³-hybridized carbons (Fsp3) is 0.400. The van der Waals surface area contributed by atoms with Gasteiger partial charge in [0.2, 0.25) is 0 Å². The number of likely N-dealkylation sites (tertiary alicyclic amines) is 1. The van der Waals surface area contributed by atoms with Crippen LogP contribution in [0.25, 0.3) is 17.0 Å². The molecule has 43 heavy (non-hydrogen) atoms. The molecule has 5 rings (SSSR count). The van der Waals surface area contributed by atoms with Crippen molar-refractivity contribution in [2.24, 2.45) is 0 Å². The summed E-state index contributed by atoms with van der Waals surface area (Å²) in [4.78, 5) is 42.0. The Kier molecular flexibility index (Phi) is 8.54. The summed E-state index contributed by atoms with van der Waals surface area (Å²) in [5, 5.41) is 4.59. The number of alkyl halides is 3. The number of nitrogens with zero attached hydrogens (tertiary/aromatic N) is 4. The molecule has 2 aliphatic heterocycles. The maximum atomic E-state index is 13.6. The Bertz CT molecular complexity index is 1610. The van der Waals surface area contributed by atoms with Gasteiger partial charge in [0.25, 0.3) is 11.1 Å². The number of carbonyl (C=O) groups is 3. The van der Waals surface area contributed by atoms with Crippen molar-refractivity contribution in [1.29, 1.82) is 0 Å². The first-order valence-corrected chi connectivity index (χ1v) is 15.0. The number of rotatable bonds is 4. The van der Waals surface area contributed by atoms with Gasteiger partial charge in [-0.25, -0.2) is 4.79 Å². The van der Waals surface area contributed by atoms with Crippen LogP contribution in [0.3, 0.4) is 0 Å². The fourth-order valence-electron chi connectivity index (χ4n) is 5.23. The van der Waals surface area contributed by atoms with Crippen LogP contribution in [0, 0.1) is 0 Å². The molecule has 1 aromatic heterocycles. The number of benzene rings is 2. The van der Waals surface area contributed by atoms with Crippen LogP contribution in [0.5, 0.6) is 0 Å². The average Bonchev–Trinajstić information content (AvgIpc) is 3.30. The second-order valence-electron chi connectivity index (χ2n) is 11.5. The summed E-state index contributed by atoms with van der Waals surface area (Å²) in [7, 11) is 0. The largest absolute Gasteiger partial charge is 0.444 e. The summed E-state index contributed by atoms with van der Waals surface area (Å²) in [6.45, 7) is 6.16. The van der Waals surface area contributed by atoms with Crippen molar-refractivity contribution in [3.05, 3.63) is 69.2 Å². The van der Waals surface area contributed by atoms with E-state index in [9.17, 15) is 27.6 Å². The van der Waals surface area contributed by atoms with Crippen molar-refractivity contribution in [2.75, 3.05) is 13.1 Å². The molecule has 0 N–H and O–H groups in total. The van der Waals surface area contributed by atoms with E-state index >= 15 is 0 Å². The van der Waals surface area contributed by atoms with Gasteiger partial charge in [0, 0.05) is 29.5 Å². The molecule has 3 aromatic rings. The van der Waals surface area contributed by atoms with Crippen LogP contribution in [0.2, 0.25) is 5.02 Å². The second kappa shape index (κ2) is 11.9. The molecule has 2 aromatic carbocycles. The van der Waals surface area contributed by atoms with E-state index in [1.807, 2.05) is 0 Å². The summed E-state index contributed by atoms with van der Waals surface area (Å²) < 4.78 is 47.7. The molecule has 1 atom stereocenters. The van der Waals surface area contributed by atoms with Gasteiger partial charge in [-0.1, -0.05) is 23.7 Å². The van der Waals surface area contributed by atoms with E-state index in [4.69, 9.17) is 16.3 Å². The molecule has 13 heteroatoms. The number of imide groups is 1. The van der Waals surface area contributed by atoms with Crippen molar-refractivity contribution in [1.82, 2.24) is 19.6 Å². The van der Waals surface area contributed by atoms with E-state index in [1.165, 1.54) is 21.7 Å². The van der Waals surface area contributed by atoms with Crippen molar-refractivity contribution in [3.63, 3.8) is 0 Å². The highest BCUT2D eigenvalue weighted by molar-refractivity contribution is 8.18. The van der Waals surface area contributed by atoms with Crippen molar-refractivity contribution >= 4 is 57.6 Å². The lowest BCUT2D eigenvalue weighted by atomic mass is 10.1. The molecule has 3 heterocycles. The highest BCUT2D eigenvalue weighted by Gasteiger charge is 2.41. The Balaban J connectivity index is 1.30. The number of ether oxygens (including phenoxy) is 1. The molecule has 0 saturated carbocycles. The van der Waals surface area contributed by atoms with Gasteiger partial charge < -0.3 is 9.64 Å². The van der Waals surface area contributed by atoms with Crippen molar-refractivity contribution < 1.29 is 32.3 Å². The predicted octanol–water partition coefficient (Wildman–Crippen LogP) is 7.58. The molecule has 1 unspecified atom stereocenters. The van der Waals surface area contributed by atoms with Gasteiger partial charge in [-0.15, -0.1) is 0 Å². The minimum Gasteiger partial charge on any atom is -0.444 e. The van der Waals surface area contributed by atoms with Crippen LogP contribution >= 0.6 is 23.4 Å². The maximum Gasteiger partial charge on any atom is 0.416 e. The SMILES string of the molecule is CC(C)(C)OC(=O)N1CCCC(N2C(=O)S/C(=C/c3ccc4c(cnn4Cc4ccc(Cl)cc4C(F)(F)F)c3)C2=O)CC1. The van der Waals surface area contributed by atoms with Crippen LogP contribution < -0.4 is 0 Å². The molecule has 0 spiro atoms. The summed E-state index contributed by atoms with van der Waals surface area (Å²) in [5.74, 6) is -0.385. The Morgan fingerprint density at radius 3 is 2.60 bits per heavy atom. The number of fused-ring (bicyclic) bond motifs is 1. The first kappa shape index (κ1) is 30.9. The zero-order valence-corrected chi connectivity index (χ0v) is 25.4. The van der Waals surface area contributed by atoms with Gasteiger partial charge in [0.05, 0.1) is 28.7 Å². The third-order valence-electron chi connectivity index (χ3n) is 7.20. The number of thioether (sulfide) groups is 1. The fourth-order valence-corrected chi connectivity index (χ4v) is 6.30. The number of carbonyl (C=O) groups excluding carboxylic acids is 3. The molecule has 228 valence electrons. The molecule has 2 fully saturated rings. The van der Waals surface area contributed by atoms with E-state index in [1.54, 1.807) is 56.1 Å². The number of amides is 3. The quantitative estimate of drug-likeness (QED) is 0.275. The van der Waals surface area contributed by atoms with Crippen LogP contribution in [0.1, 0.15) is 56.7 Å². The zero-order valence-electron chi connectivity index (χ0n) is 23.8. The topological polar surface area (TPSA) is 84.7 Å². The van der Waals surface area contributed by atoms with E-state index < -0.39 is 23.4 Å². The third-order valence-corrected chi connectivity index (χ3v) is 8.32. The smallest absolute Gasteiger partial charge is 0.416 e. The number of hydrogen-bond donors (Lipinski definition) is 0. The van der Waals surface area contributed by atoms with Gasteiger partial charge in [0.15, 0.2) is 0 Å². The summed E-state index contributed by atoms with van der Waals surface area (Å²) in [5.41, 5.74) is -0.136. The zero-order chi connectivity index (χ0) is 31.1. The lowest BCUT2D eigenvalue weighted by Gasteiger charge is -2.27. The van der Waals surface area contributed by atoms with E-state index in [0.717, 1.165) is 17.8 Å². The molecular weight excluding hydrogens is 605 g/mol. The molecule has 8 nitrogen and oxygen atoms in total. The van der Waals surface area contributed by atoms with Gasteiger partial charge in [-0.2, -0.15) is 18.3 Å². The Labute approximate surface area is 255 Å². The van der Waals surface area contributed by atoms with Crippen molar-refractivity contribution in [2.45, 2.75) is 64.4 Å². The summed E-state index contributed by atoms with van der Waals surface area (Å²) in [6, 6.07) is 8.54. The van der Waals surface area contributed by atoms with E-state index in [0.29, 0.717) is 48.8 Å². The predicted molar refractivity (Wildman–Crippen MR) is 159 cm³/mol. The summed E-state index contributed by atoms with van der Waals surface area (Å²) >= 11 is 6.67. The molecule has 3 amide bonds. The molecular formula is C30H30ClF3N4O4S. The Hall–Kier alpha value is -3.51. The normalized spacial score (nSPS) is 19.4.